The number of rotatable bonds is 8. The number of nitrogens with one attached hydrogen (secondary N) is 1. The average molecular weight is 453 g/mol. The molecule has 156 valence electrons. The number of benzene rings is 2. The number of carbonyl (C=O) groups is 1. The second-order valence-corrected chi connectivity index (χ2v) is 7.12. The van der Waals surface area contributed by atoms with Crippen molar-refractivity contribution < 1.29 is 18.8 Å². The van der Waals surface area contributed by atoms with E-state index in [1.54, 1.807) is 6.07 Å². The predicted octanol–water partition coefficient (Wildman–Crippen LogP) is 3.00. The molecule has 1 amide bonds. The zero-order valence-corrected chi connectivity index (χ0v) is 16.7. The van der Waals surface area contributed by atoms with Crippen molar-refractivity contribution in [1.82, 2.24) is 14.9 Å². The number of amides is 1. The van der Waals surface area contributed by atoms with Crippen molar-refractivity contribution in [1.29, 1.82) is 0 Å². The van der Waals surface area contributed by atoms with Gasteiger partial charge in [0.1, 0.15) is 12.3 Å². The van der Waals surface area contributed by atoms with E-state index in [9.17, 15) is 19.3 Å². The number of nitro groups is 1. The molecule has 0 aliphatic rings. The van der Waals surface area contributed by atoms with E-state index in [0.717, 1.165) is 22.5 Å². The highest BCUT2D eigenvalue weighted by Gasteiger charge is 2.18. The number of para-hydroxylation sites is 1. The number of thioether (sulfide) groups is 1. The molecule has 0 spiro atoms. The topological polar surface area (TPSA) is 138 Å². The molecule has 0 atom stereocenters. The Kier molecular flexibility index (Phi) is 6.69. The van der Waals surface area contributed by atoms with Crippen LogP contribution in [0.5, 0.6) is 5.75 Å². The highest BCUT2D eigenvalue weighted by molar-refractivity contribution is 7.99. The van der Waals surface area contributed by atoms with Gasteiger partial charge in [-0.05, 0) is 24.3 Å². The fourth-order valence-electron chi connectivity index (χ4n) is 2.29. The van der Waals surface area contributed by atoms with E-state index in [1.807, 2.05) is 0 Å². The number of nitrogens with two attached hydrogens (primary N) is 1. The van der Waals surface area contributed by atoms with E-state index in [4.69, 9.17) is 22.2 Å². The van der Waals surface area contributed by atoms with Crippen LogP contribution in [-0.4, -0.2) is 31.5 Å². The largest absolute Gasteiger partial charge is 0.482 e. The summed E-state index contributed by atoms with van der Waals surface area (Å²) in [5, 5.41) is 21.6. The maximum Gasteiger partial charge on any atom is 0.294 e. The summed E-state index contributed by atoms with van der Waals surface area (Å²) in [7, 11) is 0. The molecule has 0 fully saturated rings. The number of nitro benzene ring substituents is 1. The number of hydrogen-bond acceptors (Lipinski definition) is 8. The summed E-state index contributed by atoms with van der Waals surface area (Å²) in [4.78, 5) is 22.6. The van der Waals surface area contributed by atoms with Gasteiger partial charge in [0.15, 0.2) is 17.4 Å². The fraction of sp³-hybridized carbons (Fsp3) is 0.118. The lowest BCUT2D eigenvalue weighted by Gasteiger charge is -2.07. The minimum absolute atomic E-state index is 0.0168. The molecule has 1 aromatic heterocycles. The van der Waals surface area contributed by atoms with E-state index in [1.165, 1.54) is 30.3 Å². The molecule has 0 saturated heterocycles. The van der Waals surface area contributed by atoms with Gasteiger partial charge in [-0.3, -0.25) is 14.9 Å². The van der Waals surface area contributed by atoms with Crippen LogP contribution in [0.15, 0.2) is 47.6 Å². The number of aromatic nitrogens is 3. The third kappa shape index (κ3) is 5.15. The number of ether oxygens (including phenoxy) is 1. The van der Waals surface area contributed by atoms with Crippen LogP contribution in [0.1, 0.15) is 5.82 Å². The van der Waals surface area contributed by atoms with Crippen LogP contribution < -0.4 is 15.9 Å². The number of halogens is 2. The third-order valence-electron chi connectivity index (χ3n) is 3.69. The van der Waals surface area contributed by atoms with E-state index in [-0.39, 0.29) is 45.5 Å². The van der Waals surface area contributed by atoms with E-state index >= 15 is 0 Å². The second-order valence-electron chi connectivity index (χ2n) is 5.74. The normalized spacial score (nSPS) is 10.6. The molecule has 0 bridgehead atoms. The molecule has 3 rings (SSSR count). The van der Waals surface area contributed by atoms with Crippen molar-refractivity contribution in [3.8, 4) is 5.75 Å². The second kappa shape index (κ2) is 9.41. The molecule has 0 saturated carbocycles. The Morgan fingerprint density at radius 3 is 2.83 bits per heavy atom. The van der Waals surface area contributed by atoms with Gasteiger partial charge in [-0.25, -0.2) is 9.07 Å². The first kappa shape index (κ1) is 21.3. The Balaban J connectivity index is 1.58. The number of anilines is 1. The lowest BCUT2D eigenvalue weighted by atomic mass is 10.2. The number of carbonyl (C=O) groups excluding carboxylic acids is 1. The molecule has 10 nitrogen and oxygen atoms in total. The Labute approximate surface area is 178 Å². The van der Waals surface area contributed by atoms with E-state index in [0.29, 0.717) is 0 Å². The standard InChI is InChI=1S/C17H14ClFN6O4S/c18-10-5-6-12(13(7-10)25(27)28)21-16(26)9-30-17-23-22-15(24(17)20)8-29-14-4-2-1-3-11(14)19/h1-7H,8-9,20H2,(H,21,26). The average Bonchev–Trinajstić information content (AvgIpc) is 3.06. The molecule has 13 heteroatoms. The zero-order valence-electron chi connectivity index (χ0n) is 15.1. The SMILES string of the molecule is Nn1c(COc2ccccc2F)nnc1SCC(=O)Nc1ccc(Cl)cc1[N+](=O)[O-]. The third-order valence-corrected chi connectivity index (χ3v) is 4.87. The van der Waals surface area contributed by atoms with E-state index < -0.39 is 16.6 Å². The first-order valence-corrected chi connectivity index (χ1v) is 9.65. The molecule has 0 aliphatic carbocycles. The van der Waals surface area contributed by atoms with Crippen molar-refractivity contribution in [2.24, 2.45) is 0 Å². The summed E-state index contributed by atoms with van der Waals surface area (Å²) < 4.78 is 20.0. The van der Waals surface area contributed by atoms with Crippen molar-refractivity contribution in [3.05, 3.63) is 69.2 Å². The minimum atomic E-state index is -0.646. The van der Waals surface area contributed by atoms with E-state index in [2.05, 4.69) is 15.5 Å². The predicted molar refractivity (Wildman–Crippen MR) is 108 cm³/mol. The summed E-state index contributed by atoms with van der Waals surface area (Å²) in [6.07, 6.45) is 0. The number of nitrogens with zero attached hydrogens (tertiary/aromatic N) is 4. The first-order chi connectivity index (χ1) is 14.3. The molecule has 0 unspecified atom stereocenters. The Hall–Kier alpha value is -3.38. The first-order valence-electron chi connectivity index (χ1n) is 8.28. The van der Waals surface area contributed by atoms with Crippen LogP contribution in [0.3, 0.4) is 0 Å². The lowest BCUT2D eigenvalue weighted by Crippen LogP contribution is -2.18. The summed E-state index contributed by atoms with van der Waals surface area (Å²) in [6.45, 7) is -0.131. The smallest absolute Gasteiger partial charge is 0.294 e. The molecule has 0 radical (unpaired) electrons. The van der Waals surface area contributed by atoms with Crippen LogP contribution >= 0.6 is 23.4 Å². The molecule has 0 aliphatic heterocycles. The van der Waals surface area contributed by atoms with Crippen molar-refractivity contribution in [3.63, 3.8) is 0 Å². The van der Waals surface area contributed by atoms with Crippen molar-refractivity contribution in [2.45, 2.75) is 11.8 Å². The monoisotopic (exact) mass is 452 g/mol. The minimum Gasteiger partial charge on any atom is -0.482 e. The number of nitrogen functional groups attached to an aromatic ring is 1. The maximum atomic E-state index is 13.6. The van der Waals surface area contributed by atoms with Crippen LogP contribution in [0, 0.1) is 15.9 Å². The van der Waals surface area contributed by atoms with Gasteiger partial charge in [0.05, 0.1) is 10.7 Å². The number of hydrogen-bond donors (Lipinski definition) is 2. The fourth-order valence-corrected chi connectivity index (χ4v) is 3.13. The Bertz CT molecular complexity index is 1100. The highest BCUT2D eigenvalue weighted by Crippen LogP contribution is 2.28. The Morgan fingerprint density at radius 1 is 1.33 bits per heavy atom. The molecular weight excluding hydrogens is 439 g/mol. The Morgan fingerprint density at radius 2 is 2.10 bits per heavy atom. The van der Waals surface area contributed by atoms with Gasteiger partial charge in [-0.1, -0.05) is 35.5 Å². The van der Waals surface area contributed by atoms with Gasteiger partial charge in [-0.15, -0.1) is 10.2 Å². The summed E-state index contributed by atoms with van der Waals surface area (Å²) in [5.41, 5.74) is -0.307. The van der Waals surface area contributed by atoms with Crippen molar-refractivity contribution in [2.75, 3.05) is 16.9 Å². The molecule has 2 aromatic carbocycles. The van der Waals surface area contributed by atoms with Gasteiger partial charge < -0.3 is 15.9 Å². The van der Waals surface area contributed by atoms with Gasteiger partial charge in [0, 0.05) is 11.1 Å². The summed E-state index contributed by atoms with van der Waals surface area (Å²) >= 11 is 6.71. The summed E-state index contributed by atoms with van der Waals surface area (Å²) in [5.74, 6) is 4.97. The van der Waals surface area contributed by atoms with Crippen LogP contribution in [-0.2, 0) is 11.4 Å². The lowest BCUT2D eigenvalue weighted by molar-refractivity contribution is -0.383. The summed E-state index contributed by atoms with van der Waals surface area (Å²) in [6, 6.07) is 9.78. The van der Waals surface area contributed by atoms with Crippen molar-refractivity contribution >= 4 is 40.6 Å². The molecule has 3 aromatic rings. The molecular formula is C17H14ClFN6O4S. The van der Waals surface area contributed by atoms with Gasteiger partial charge >= 0.3 is 0 Å². The maximum absolute atomic E-state index is 13.6. The van der Waals surface area contributed by atoms with Gasteiger partial charge in [0.2, 0.25) is 11.1 Å². The van der Waals surface area contributed by atoms with Gasteiger partial charge in [0.25, 0.3) is 5.69 Å². The molecule has 1 heterocycles. The van der Waals surface area contributed by atoms with Crippen LogP contribution in [0.4, 0.5) is 15.8 Å². The molecule has 3 N–H and O–H groups in total. The quantitative estimate of drug-likeness (QED) is 0.230. The van der Waals surface area contributed by atoms with Crippen LogP contribution in [0.2, 0.25) is 5.02 Å². The zero-order chi connectivity index (χ0) is 21.7. The molecule has 30 heavy (non-hydrogen) atoms. The highest BCUT2D eigenvalue weighted by atomic mass is 35.5. The van der Waals surface area contributed by atoms with Crippen LogP contribution in [0.25, 0.3) is 0 Å². The van der Waals surface area contributed by atoms with Gasteiger partial charge in [-0.2, -0.15) is 0 Å².